The summed E-state index contributed by atoms with van der Waals surface area (Å²) in [6.07, 6.45) is -3.01. The second kappa shape index (κ2) is 5.69. The van der Waals surface area contributed by atoms with E-state index in [1.807, 2.05) is 0 Å². The molecule has 0 atom stereocenters. The molecule has 0 aliphatic rings. The van der Waals surface area contributed by atoms with Crippen molar-refractivity contribution in [1.29, 1.82) is 0 Å². The van der Waals surface area contributed by atoms with Crippen LogP contribution in [0, 0.1) is 0 Å². The van der Waals surface area contributed by atoms with Crippen molar-refractivity contribution in [3.8, 4) is 0 Å². The molecular formula is C4H5BF5K. The summed E-state index contributed by atoms with van der Waals surface area (Å²) in [7, 11) is 0. The monoisotopic (exact) mass is 198 g/mol. The zero-order valence-electron chi connectivity index (χ0n) is 6.12. The minimum atomic E-state index is -5.22. The Morgan fingerprint density at radius 3 is 1.73 bits per heavy atom. The maximum atomic E-state index is 11.4. The number of halogens is 5. The fraction of sp³-hybridized carbons (Fsp3) is 0.500. The van der Waals surface area contributed by atoms with Crippen LogP contribution in [0.1, 0.15) is 6.92 Å². The average molecular weight is 198 g/mol. The molecular weight excluding hydrogens is 193 g/mol. The van der Waals surface area contributed by atoms with Gasteiger partial charge in [-0.05, 0) is 12.5 Å². The third-order valence-corrected chi connectivity index (χ3v) is 0.796. The smallest absolute Gasteiger partial charge is 0.445 e. The molecule has 0 N–H and O–H groups in total. The Kier molecular flexibility index (Phi) is 7.55. The molecule has 11 heavy (non-hydrogen) atoms. The van der Waals surface area contributed by atoms with Crippen LogP contribution in [-0.2, 0) is 0 Å². The molecule has 0 rings (SSSR count). The van der Waals surface area contributed by atoms with Crippen molar-refractivity contribution in [2.45, 2.75) is 13.3 Å². The molecule has 7 heteroatoms. The number of rotatable bonds is 2. The largest absolute Gasteiger partial charge is 1.00 e. The first kappa shape index (κ1) is 14.6. The maximum absolute atomic E-state index is 11.4. The van der Waals surface area contributed by atoms with E-state index in [1.165, 1.54) is 0 Å². The molecule has 0 bridgehead atoms. The Morgan fingerprint density at radius 2 is 1.64 bits per heavy atom. The average Bonchev–Trinajstić information content (AvgIpc) is 1.60. The summed E-state index contributed by atoms with van der Waals surface area (Å²) in [4.78, 5) is 0. The van der Waals surface area contributed by atoms with Crippen molar-refractivity contribution in [1.82, 2.24) is 0 Å². The maximum Gasteiger partial charge on any atom is 1.00 e. The second-order valence-corrected chi connectivity index (χ2v) is 1.84. The van der Waals surface area contributed by atoms with E-state index in [1.54, 1.807) is 0 Å². The van der Waals surface area contributed by atoms with E-state index in [2.05, 4.69) is 0 Å². The van der Waals surface area contributed by atoms with Gasteiger partial charge >= 0.3 is 58.4 Å². The van der Waals surface area contributed by atoms with Gasteiger partial charge in [-0.1, -0.05) is 0 Å². The van der Waals surface area contributed by atoms with Gasteiger partial charge in [-0.3, -0.25) is 0 Å². The molecule has 0 aromatic carbocycles. The summed E-state index contributed by atoms with van der Waals surface area (Å²) in [6, 6.07) is 0. The van der Waals surface area contributed by atoms with Crippen molar-refractivity contribution in [2.75, 3.05) is 0 Å². The zero-order chi connectivity index (χ0) is 8.36. The minimum Gasteiger partial charge on any atom is -0.445 e. The van der Waals surface area contributed by atoms with Gasteiger partial charge in [-0.2, -0.15) is 0 Å². The summed E-state index contributed by atoms with van der Waals surface area (Å²) in [5.41, 5.74) is -0.937. The standard InChI is InChI=1S/C4H5BF5.K/c1-3(4(6)7)2-5(8,9)10;/h2,4H,1H3;/q-1;+1/b3-2+;. The van der Waals surface area contributed by atoms with Gasteiger partial charge in [-0.25, -0.2) is 8.78 Å². The van der Waals surface area contributed by atoms with Crippen LogP contribution in [0.15, 0.2) is 11.5 Å². The van der Waals surface area contributed by atoms with Crippen LogP contribution in [0.25, 0.3) is 0 Å². The van der Waals surface area contributed by atoms with Crippen molar-refractivity contribution < 1.29 is 73.1 Å². The topological polar surface area (TPSA) is 0 Å². The molecule has 0 saturated carbocycles. The molecule has 0 fully saturated rings. The van der Waals surface area contributed by atoms with Gasteiger partial charge < -0.3 is 12.9 Å². The Labute approximate surface area is 104 Å². The molecule has 0 saturated heterocycles. The normalized spacial score (nSPS) is 13.2. The van der Waals surface area contributed by atoms with E-state index in [4.69, 9.17) is 0 Å². The van der Waals surface area contributed by atoms with Crippen molar-refractivity contribution in [3.05, 3.63) is 11.5 Å². The van der Waals surface area contributed by atoms with Crippen molar-refractivity contribution in [2.24, 2.45) is 0 Å². The van der Waals surface area contributed by atoms with Gasteiger partial charge in [0.05, 0.1) is 0 Å². The predicted octanol–water partition coefficient (Wildman–Crippen LogP) is -0.412. The van der Waals surface area contributed by atoms with E-state index in [0.29, 0.717) is 0 Å². The van der Waals surface area contributed by atoms with E-state index in [-0.39, 0.29) is 57.4 Å². The molecule has 0 amide bonds. The minimum absolute atomic E-state index is 0. The van der Waals surface area contributed by atoms with Crippen LogP contribution in [0.4, 0.5) is 21.7 Å². The molecule has 60 valence electrons. The zero-order valence-corrected chi connectivity index (χ0v) is 9.24. The predicted molar refractivity (Wildman–Crippen MR) is 28.8 cm³/mol. The van der Waals surface area contributed by atoms with Gasteiger partial charge in [0.1, 0.15) is 0 Å². The van der Waals surface area contributed by atoms with Crippen LogP contribution < -0.4 is 51.4 Å². The second-order valence-electron chi connectivity index (χ2n) is 1.84. The first-order valence-corrected chi connectivity index (χ1v) is 2.50. The van der Waals surface area contributed by atoms with Crippen LogP contribution in [0.2, 0.25) is 0 Å². The molecule has 0 nitrogen and oxygen atoms in total. The van der Waals surface area contributed by atoms with Crippen LogP contribution >= 0.6 is 0 Å². The summed E-state index contributed by atoms with van der Waals surface area (Å²) >= 11 is 0. The first-order chi connectivity index (χ1) is 4.33. The fourth-order valence-corrected chi connectivity index (χ4v) is 0.371. The quantitative estimate of drug-likeness (QED) is 0.418. The fourth-order valence-electron chi connectivity index (χ4n) is 0.371. The van der Waals surface area contributed by atoms with E-state index in [9.17, 15) is 21.7 Å². The number of hydrogen-bond donors (Lipinski definition) is 0. The third-order valence-electron chi connectivity index (χ3n) is 0.796. The van der Waals surface area contributed by atoms with Gasteiger partial charge in [-0.15, -0.1) is 5.98 Å². The Bertz CT molecular complexity index is 140. The van der Waals surface area contributed by atoms with E-state index < -0.39 is 19.0 Å². The third kappa shape index (κ3) is 9.00. The van der Waals surface area contributed by atoms with Gasteiger partial charge in [0.2, 0.25) is 0 Å². The molecule has 0 aliphatic carbocycles. The van der Waals surface area contributed by atoms with Crippen LogP contribution in [-0.4, -0.2) is 13.4 Å². The number of hydrogen-bond acceptors (Lipinski definition) is 0. The Morgan fingerprint density at radius 1 is 1.27 bits per heavy atom. The SMILES string of the molecule is C/C(=C\[B-](F)(F)F)C(F)F.[K+]. The first-order valence-electron chi connectivity index (χ1n) is 2.50. The molecule has 0 aromatic heterocycles. The molecule has 0 spiro atoms. The Balaban J connectivity index is 0. The number of alkyl halides is 2. The van der Waals surface area contributed by atoms with E-state index in [0.717, 1.165) is 6.92 Å². The van der Waals surface area contributed by atoms with E-state index >= 15 is 0 Å². The van der Waals surface area contributed by atoms with Gasteiger partial charge in [0.15, 0.2) is 0 Å². The summed E-state index contributed by atoms with van der Waals surface area (Å²) in [5.74, 6) is -0.343. The van der Waals surface area contributed by atoms with Gasteiger partial charge in [0.25, 0.3) is 6.43 Å². The molecule has 0 radical (unpaired) electrons. The summed E-state index contributed by atoms with van der Waals surface area (Å²) in [6.45, 7) is -4.47. The number of allylic oxidation sites excluding steroid dienone is 1. The summed E-state index contributed by atoms with van der Waals surface area (Å²) in [5, 5.41) is 0. The van der Waals surface area contributed by atoms with Crippen molar-refractivity contribution >= 4 is 6.98 Å². The molecule has 0 aliphatic heterocycles. The van der Waals surface area contributed by atoms with Crippen LogP contribution in [0.5, 0.6) is 0 Å². The summed E-state index contributed by atoms with van der Waals surface area (Å²) < 4.78 is 56.8. The van der Waals surface area contributed by atoms with Gasteiger partial charge in [0, 0.05) is 0 Å². The molecule has 0 heterocycles. The molecule has 0 aromatic rings. The Hall–Kier alpha value is 1.09. The van der Waals surface area contributed by atoms with Crippen LogP contribution in [0.3, 0.4) is 0 Å². The molecule has 0 unspecified atom stereocenters. The van der Waals surface area contributed by atoms with Crippen molar-refractivity contribution in [3.63, 3.8) is 0 Å².